The number of anilines is 2. The van der Waals surface area contributed by atoms with Crippen LogP contribution in [0.5, 0.6) is 0 Å². The second-order valence-electron chi connectivity index (χ2n) is 13.8. The van der Waals surface area contributed by atoms with E-state index >= 15 is 0 Å². The molecule has 1 atom stereocenters. The third-order valence-corrected chi connectivity index (χ3v) is 7.70. The second-order valence-corrected chi connectivity index (χ2v) is 13.8. The molecule has 0 bridgehead atoms. The van der Waals surface area contributed by atoms with Crippen molar-refractivity contribution in [1.29, 1.82) is 0 Å². The Morgan fingerprint density at radius 3 is 2.36 bits per heavy atom. The number of hydrogen-bond acceptors (Lipinski definition) is 8. The van der Waals surface area contributed by atoms with Gasteiger partial charge in [0.05, 0.1) is 30.1 Å². The number of aromatic nitrogens is 7. The number of imidazole rings is 1. The molecule has 13 nitrogen and oxygen atoms in total. The van der Waals surface area contributed by atoms with Gasteiger partial charge in [-0.2, -0.15) is 14.7 Å². The van der Waals surface area contributed by atoms with E-state index in [1.54, 1.807) is 39.0 Å². The number of benzene rings is 1. The van der Waals surface area contributed by atoms with Gasteiger partial charge in [-0.25, -0.2) is 24.5 Å². The van der Waals surface area contributed by atoms with E-state index in [9.17, 15) is 9.59 Å². The maximum Gasteiger partial charge on any atom is 0.420 e. The lowest BCUT2D eigenvalue weighted by molar-refractivity contribution is 0.0197. The Balaban J connectivity index is 1.49. The van der Waals surface area contributed by atoms with E-state index in [0.717, 1.165) is 35.3 Å². The van der Waals surface area contributed by atoms with Crippen LogP contribution >= 0.6 is 0 Å². The molecule has 246 valence electrons. The Kier molecular flexibility index (Phi) is 8.24. The molecule has 5 aromatic rings. The second kappa shape index (κ2) is 12.2. The number of likely N-dealkylation sites (tertiary alicyclic amines) is 1. The Morgan fingerprint density at radius 2 is 1.72 bits per heavy atom. The van der Waals surface area contributed by atoms with E-state index in [1.807, 2.05) is 95.9 Å². The van der Waals surface area contributed by atoms with E-state index < -0.39 is 17.3 Å². The summed E-state index contributed by atoms with van der Waals surface area (Å²) < 4.78 is 16.9. The molecule has 5 heterocycles. The van der Waals surface area contributed by atoms with Crippen LogP contribution in [0.15, 0.2) is 67.6 Å². The zero-order valence-corrected chi connectivity index (χ0v) is 27.9. The number of ether oxygens (including phenoxy) is 2. The van der Waals surface area contributed by atoms with Crippen LogP contribution in [0, 0.1) is 0 Å². The van der Waals surface area contributed by atoms with Crippen LogP contribution in [-0.2, 0) is 16.5 Å². The molecule has 47 heavy (non-hydrogen) atoms. The highest BCUT2D eigenvalue weighted by molar-refractivity contribution is 5.96. The van der Waals surface area contributed by atoms with E-state index in [0.29, 0.717) is 30.2 Å². The van der Waals surface area contributed by atoms with Gasteiger partial charge < -0.3 is 18.9 Å². The molecule has 4 aromatic heterocycles. The van der Waals surface area contributed by atoms with Gasteiger partial charge in [-0.15, -0.1) is 0 Å². The van der Waals surface area contributed by atoms with Crippen molar-refractivity contribution in [2.24, 2.45) is 7.05 Å². The summed E-state index contributed by atoms with van der Waals surface area (Å²) in [7, 11) is 1.85. The molecule has 0 saturated carbocycles. The Labute approximate surface area is 273 Å². The Hall–Kier alpha value is -5.20. The molecule has 1 aromatic carbocycles. The average Bonchev–Trinajstić information content (AvgIpc) is 3.77. The third kappa shape index (κ3) is 6.98. The molecule has 0 aliphatic carbocycles. The van der Waals surface area contributed by atoms with E-state index in [2.05, 4.69) is 10.1 Å². The van der Waals surface area contributed by atoms with Gasteiger partial charge in [-0.05, 0) is 78.6 Å². The van der Waals surface area contributed by atoms with Gasteiger partial charge in [0.15, 0.2) is 5.65 Å². The van der Waals surface area contributed by atoms with Gasteiger partial charge in [0.25, 0.3) is 0 Å². The fourth-order valence-corrected chi connectivity index (χ4v) is 5.63. The zero-order chi connectivity index (χ0) is 33.5. The summed E-state index contributed by atoms with van der Waals surface area (Å²) in [5.74, 6) is 0.347. The minimum absolute atomic E-state index is 0.110. The summed E-state index contributed by atoms with van der Waals surface area (Å²) in [5, 5.41) is 9.08. The number of aryl methyl sites for hydroxylation is 1. The predicted octanol–water partition coefficient (Wildman–Crippen LogP) is 6.50. The minimum Gasteiger partial charge on any atom is -0.444 e. The lowest BCUT2D eigenvalue weighted by Gasteiger charge is -2.34. The van der Waals surface area contributed by atoms with Crippen molar-refractivity contribution in [3.8, 4) is 16.8 Å². The Morgan fingerprint density at radius 1 is 0.979 bits per heavy atom. The summed E-state index contributed by atoms with van der Waals surface area (Å²) in [5.41, 5.74) is 3.00. The standard InChI is InChI=1S/C34H41N9O4/c1-33(2,3)46-31(44)40-15-8-9-23(21-40)28-17-29(43-30(38-28)27(19-37-43)24-18-36-39(7)20-24)42(32(45)47-34(4,5)6)26-12-10-25(11-13-26)41-16-14-35-22-41/h10-14,16-20,22-23H,8-9,15,21H2,1-7H3. The van der Waals surface area contributed by atoms with E-state index in [4.69, 9.17) is 19.6 Å². The number of carbonyl (C=O) groups is 2. The fraction of sp³-hybridized carbons (Fsp3) is 0.412. The largest absolute Gasteiger partial charge is 0.444 e. The van der Waals surface area contributed by atoms with Crippen LogP contribution in [0.25, 0.3) is 22.5 Å². The first-order chi connectivity index (χ1) is 22.3. The first-order valence-corrected chi connectivity index (χ1v) is 15.7. The predicted molar refractivity (Wildman–Crippen MR) is 177 cm³/mol. The van der Waals surface area contributed by atoms with Gasteiger partial charge in [0.1, 0.15) is 17.0 Å². The molecule has 1 fully saturated rings. The van der Waals surface area contributed by atoms with Crippen molar-refractivity contribution >= 4 is 29.3 Å². The molecule has 1 aliphatic heterocycles. The SMILES string of the molecule is Cn1cc(-c2cnn3c(N(C(=O)OC(C)(C)C)c4ccc(-n5ccnc5)cc4)cc(C4CCCN(C(=O)OC(C)(C)C)C4)nc23)cn1. The first kappa shape index (κ1) is 31.8. The molecule has 6 rings (SSSR count). The van der Waals surface area contributed by atoms with Crippen molar-refractivity contribution < 1.29 is 19.1 Å². The molecule has 0 N–H and O–H groups in total. The van der Waals surface area contributed by atoms with Gasteiger partial charge in [-0.1, -0.05) is 0 Å². The van der Waals surface area contributed by atoms with Crippen LogP contribution in [0.4, 0.5) is 21.1 Å². The molecule has 1 aliphatic rings. The Bertz CT molecular complexity index is 1880. The highest BCUT2D eigenvalue weighted by Gasteiger charge is 2.33. The summed E-state index contributed by atoms with van der Waals surface area (Å²) in [6.07, 6.45) is 11.4. The third-order valence-electron chi connectivity index (χ3n) is 7.70. The molecule has 1 unspecified atom stereocenters. The molecule has 13 heteroatoms. The molecular weight excluding hydrogens is 598 g/mol. The van der Waals surface area contributed by atoms with Crippen molar-refractivity contribution in [1.82, 2.24) is 38.8 Å². The summed E-state index contributed by atoms with van der Waals surface area (Å²) in [4.78, 5) is 39.7. The molecule has 0 spiro atoms. The summed E-state index contributed by atoms with van der Waals surface area (Å²) in [6, 6.07) is 9.43. The van der Waals surface area contributed by atoms with Crippen molar-refractivity contribution in [3.63, 3.8) is 0 Å². The lowest BCUT2D eigenvalue weighted by Crippen LogP contribution is -2.42. The van der Waals surface area contributed by atoms with E-state index in [-0.39, 0.29) is 12.0 Å². The monoisotopic (exact) mass is 639 g/mol. The topological polar surface area (TPSA) is 125 Å². The first-order valence-electron chi connectivity index (χ1n) is 15.7. The average molecular weight is 640 g/mol. The summed E-state index contributed by atoms with van der Waals surface area (Å²) >= 11 is 0. The van der Waals surface area contributed by atoms with Gasteiger partial charge in [0.2, 0.25) is 0 Å². The number of rotatable bonds is 5. The van der Waals surface area contributed by atoms with Crippen molar-refractivity contribution in [3.05, 3.63) is 73.3 Å². The molecular formula is C34H41N9O4. The highest BCUT2D eigenvalue weighted by atomic mass is 16.6. The highest BCUT2D eigenvalue weighted by Crippen LogP contribution is 2.36. The van der Waals surface area contributed by atoms with Crippen LogP contribution < -0.4 is 4.90 Å². The number of piperidine rings is 1. The summed E-state index contributed by atoms with van der Waals surface area (Å²) in [6.45, 7) is 12.1. The van der Waals surface area contributed by atoms with E-state index in [1.165, 1.54) is 4.90 Å². The van der Waals surface area contributed by atoms with Gasteiger partial charge in [0, 0.05) is 67.5 Å². The quantitative estimate of drug-likeness (QED) is 0.213. The maximum absolute atomic E-state index is 14.1. The lowest BCUT2D eigenvalue weighted by atomic mass is 9.94. The minimum atomic E-state index is -0.761. The smallest absolute Gasteiger partial charge is 0.420 e. The fourth-order valence-electron chi connectivity index (χ4n) is 5.63. The number of nitrogens with zero attached hydrogens (tertiary/aromatic N) is 9. The zero-order valence-electron chi connectivity index (χ0n) is 27.9. The normalized spacial score (nSPS) is 15.6. The van der Waals surface area contributed by atoms with Crippen LogP contribution in [0.1, 0.15) is 66.0 Å². The number of carbonyl (C=O) groups excluding carboxylic acids is 2. The van der Waals surface area contributed by atoms with Crippen molar-refractivity contribution in [2.75, 3.05) is 18.0 Å². The molecule has 1 saturated heterocycles. The van der Waals surface area contributed by atoms with Crippen LogP contribution in [-0.4, -0.2) is 75.3 Å². The van der Waals surface area contributed by atoms with Crippen molar-refractivity contribution in [2.45, 2.75) is 71.5 Å². The molecule has 0 radical (unpaired) electrons. The van der Waals surface area contributed by atoms with Crippen LogP contribution in [0.2, 0.25) is 0 Å². The van der Waals surface area contributed by atoms with Crippen LogP contribution in [0.3, 0.4) is 0 Å². The number of fused-ring (bicyclic) bond motifs is 1. The maximum atomic E-state index is 14.1. The van der Waals surface area contributed by atoms with Gasteiger partial charge >= 0.3 is 12.2 Å². The van der Waals surface area contributed by atoms with Gasteiger partial charge in [-0.3, -0.25) is 4.68 Å². The number of hydrogen-bond donors (Lipinski definition) is 0. The molecule has 2 amide bonds. The number of amides is 2.